The van der Waals surface area contributed by atoms with Crippen LogP contribution in [0.4, 0.5) is 5.69 Å². The van der Waals surface area contributed by atoms with Crippen molar-refractivity contribution in [1.29, 1.82) is 0 Å². The van der Waals surface area contributed by atoms with Crippen LogP contribution in [0, 0.1) is 5.92 Å². The van der Waals surface area contributed by atoms with Gasteiger partial charge in [0.25, 0.3) is 0 Å². The van der Waals surface area contributed by atoms with Gasteiger partial charge in [-0.05, 0) is 57.6 Å². The monoisotopic (exact) mass is 369 g/mol. The standard InChI is InChI=1S/C19H16BrNO2/c20-16-6-2-5-15-13-3-1-4-14(13)17(21-18(15)16)11-7-9-12(10-8-11)19(22)23/h1-3,5-10,13-14,17,21H,4H2,(H,22,23)/t13-,14-,17-/m1/s1. The number of carboxylic acid groups (broad SMARTS) is 1. The van der Waals surface area contributed by atoms with Crippen molar-refractivity contribution in [2.75, 3.05) is 5.32 Å². The molecule has 2 N–H and O–H groups in total. The van der Waals surface area contributed by atoms with Crippen molar-refractivity contribution < 1.29 is 9.90 Å². The number of fused-ring (bicyclic) bond motifs is 3. The Balaban J connectivity index is 1.75. The number of hydrogen-bond donors (Lipinski definition) is 2. The van der Waals surface area contributed by atoms with Crippen molar-refractivity contribution >= 4 is 27.6 Å². The predicted octanol–water partition coefficient (Wildman–Crippen LogP) is 4.97. The molecule has 3 atom stereocenters. The molecule has 0 amide bonds. The molecule has 4 heteroatoms. The van der Waals surface area contributed by atoms with Crippen LogP contribution in [0.1, 0.15) is 39.9 Å². The fraction of sp³-hybridized carbons (Fsp3) is 0.211. The minimum atomic E-state index is -0.887. The molecule has 0 radical (unpaired) electrons. The van der Waals surface area contributed by atoms with Crippen LogP contribution in [0.5, 0.6) is 0 Å². The summed E-state index contributed by atoms with van der Waals surface area (Å²) in [5.74, 6) is -0.0120. The molecule has 0 saturated carbocycles. The van der Waals surface area contributed by atoms with Crippen molar-refractivity contribution in [2.24, 2.45) is 5.92 Å². The topological polar surface area (TPSA) is 49.3 Å². The first-order valence-corrected chi connectivity index (χ1v) is 8.49. The smallest absolute Gasteiger partial charge is 0.335 e. The number of allylic oxidation sites excluding steroid dienone is 2. The Morgan fingerprint density at radius 1 is 1.17 bits per heavy atom. The summed E-state index contributed by atoms with van der Waals surface area (Å²) >= 11 is 3.65. The lowest BCUT2D eigenvalue weighted by Gasteiger charge is -2.38. The lowest BCUT2D eigenvalue weighted by molar-refractivity contribution is 0.0697. The van der Waals surface area contributed by atoms with Crippen LogP contribution in [0.2, 0.25) is 0 Å². The maximum Gasteiger partial charge on any atom is 0.335 e. The SMILES string of the molecule is O=C(O)c1ccc([C@H]2Nc3c(Br)cccc3[C@@H]3C=CC[C@@H]23)cc1. The first kappa shape index (κ1) is 14.5. The molecule has 2 aliphatic rings. The number of hydrogen-bond acceptors (Lipinski definition) is 2. The van der Waals surface area contributed by atoms with Gasteiger partial charge in [0.2, 0.25) is 0 Å². The van der Waals surface area contributed by atoms with Gasteiger partial charge in [-0.25, -0.2) is 4.79 Å². The van der Waals surface area contributed by atoms with Crippen molar-refractivity contribution in [2.45, 2.75) is 18.4 Å². The summed E-state index contributed by atoms with van der Waals surface area (Å²) in [5.41, 5.74) is 3.94. The first-order chi connectivity index (χ1) is 11.1. The highest BCUT2D eigenvalue weighted by atomic mass is 79.9. The average molecular weight is 370 g/mol. The number of rotatable bonds is 2. The number of carbonyl (C=O) groups is 1. The number of benzene rings is 2. The molecule has 1 aliphatic heterocycles. The minimum Gasteiger partial charge on any atom is -0.478 e. The van der Waals surface area contributed by atoms with Gasteiger partial charge in [0.05, 0.1) is 17.3 Å². The van der Waals surface area contributed by atoms with Crippen LogP contribution in [-0.2, 0) is 0 Å². The second kappa shape index (κ2) is 5.53. The zero-order valence-electron chi connectivity index (χ0n) is 12.4. The Hall–Kier alpha value is -2.07. The molecule has 4 rings (SSSR count). The molecule has 0 aromatic heterocycles. The van der Waals surface area contributed by atoms with Gasteiger partial charge in [0, 0.05) is 10.4 Å². The average Bonchev–Trinajstić information content (AvgIpc) is 3.04. The van der Waals surface area contributed by atoms with Gasteiger partial charge in [-0.3, -0.25) is 0 Å². The minimum absolute atomic E-state index is 0.184. The molecule has 0 bridgehead atoms. The van der Waals surface area contributed by atoms with E-state index in [1.807, 2.05) is 12.1 Å². The van der Waals surface area contributed by atoms with Gasteiger partial charge in [0.15, 0.2) is 0 Å². The molecule has 0 fully saturated rings. The lowest BCUT2D eigenvalue weighted by Crippen LogP contribution is -2.29. The van der Waals surface area contributed by atoms with E-state index in [9.17, 15) is 4.79 Å². The van der Waals surface area contributed by atoms with Crippen LogP contribution in [0.25, 0.3) is 0 Å². The van der Waals surface area contributed by atoms with E-state index in [1.54, 1.807) is 12.1 Å². The molecule has 2 aromatic rings. The van der Waals surface area contributed by atoms with Crippen LogP contribution in [-0.4, -0.2) is 11.1 Å². The van der Waals surface area contributed by atoms with Gasteiger partial charge >= 0.3 is 5.97 Å². The third-order valence-corrected chi connectivity index (χ3v) is 5.52. The largest absolute Gasteiger partial charge is 0.478 e. The maximum atomic E-state index is 11.0. The Morgan fingerprint density at radius 3 is 2.70 bits per heavy atom. The summed E-state index contributed by atoms with van der Waals surface area (Å²) in [6.07, 6.45) is 5.59. The van der Waals surface area contributed by atoms with Gasteiger partial charge in [-0.1, -0.05) is 36.4 Å². The molecular weight excluding hydrogens is 354 g/mol. The van der Waals surface area contributed by atoms with Gasteiger partial charge in [-0.15, -0.1) is 0 Å². The zero-order valence-corrected chi connectivity index (χ0v) is 14.0. The van der Waals surface area contributed by atoms with Crippen molar-refractivity contribution in [3.63, 3.8) is 0 Å². The Kier molecular flexibility index (Phi) is 3.49. The van der Waals surface area contributed by atoms with E-state index >= 15 is 0 Å². The Morgan fingerprint density at radius 2 is 1.96 bits per heavy atom. The number of halogens is 1. The van der Waals surface area contributed by atoms with E-state index in [-0.39, 0.29) is 6.04 Å². The Labute approximate surface area is 143 Å². The van der Waals surface area contributed by atoms with E-state index in [0.29, 0.717) is 17.4 Å². The van der Waals surface area contributed by atoms with Gasteiger partial charge in [-0.2, -0.15) is 0 Å². The van der Waals surface area contributed by atoms with E-state index in [4.69, 9.17) is 5.11 Å². The third kappa shape index (κ3) is 2.38. The molecule has 116 valence electrons. The molecule has 3 nitrogen and oxygen atoms in total. The molecule has 0 spiro atoms. The van der Waals surface area contributed by atoms with Gasteiger partial charge in [0.1, 0.15) is 0 Å². The summed E-state index contributed by atoms with van der Waals surface area (Å²) in [6.45, 7) is 0. The highest BCUT2D eigenvalue weighted by Gasteiger charge is 2.38. The van der Waals surface area contributed by atoms with Crippen LogP contribution < -0.4 is 5.32 Å². The van der Waals surface area contributed by atoms with Crippen molar-refractivity contribution in [3.05, 3.63) is 75.8 Å². The molecule has 1 aliphatic carbocycles. The number of aromatic carboxylic acids is 1. The maximum absolute atomic E-state index is 11.0. The van der Waals surface area contributed by atoms with Crippen LogP contribution >= 0.6 is 15.9 Å². The molecule has 23 heavy (non-hydrogen) atoms. The molecule has 0 saturated heterocycles. The fourth-order valence-electron chi connectivity index (χ4n) is 3.75. The zero-order chi connectivity index (χ0) is 16.0. The quantitative estimate of drug-likeness (QED) is 0.734. The highest BCUT2D eigenvalue weighted by molar-refractivity contribution is 9.10. The summed E-state index contributed by atoms with van der Waals surface area (Å²) in [4.78, 5) is 11.0. The molecular formula is C19H16BrNO2. The normalized spacial score (nSPS) is 24.7. The number of carboxylic acids is 1. The van der Waals surface area contributed by atoms with E-state index in [0.717, 1.165) is 22.1 Å². The van der Waals surface area contributed by atoms with Gasteiger partial charge < -0.3 is 10.4 Å². The van der Waals surface area contributed by atoms with Crippen molar-refractivity contribution in [1.82, 2.24) is 0 Å². The predicted molar refractivity (Wildman–Crippen MR) is 93.9 cm³/mol. The second-order valence-electron chi connectivity index (χ2n) is 6.11. The molecule has 1 heterocycles. The number of nitrogens with one attached hydrogen (secondary N) is 1. The van der Waals surface area contributed by atoms with E-state index in [1.165, 1.54) is 5.56 Å². The fourth-order valence-corrected chi connectivity index (χ4v) is 4.24. The first-order valence-electron chi connectivity index (χ1n) is 7.70. The summed E-state index contributed by atoms with van der Waals surface area (Å²) in [5, 5.41) is 12.7. The summed E-state index contributed by atoms with van der Waals surface area (Å²) in [7, 11) is 0. The van der Waals surface area contributed by atoms with E-state index < -0.39 is 5.97 Å². The summed E-state index contributed by atoms with van der Waals surface area (Å²) in [6, 6.07) is 13.7. The number of para-hydroxylation sites is 1. The third-order valence-electron chi connectivity index (χ3n) is 4.86. The molecule has 2 aromatic carbocycles. The Bertz CT molecular complexity index is 798. The van der Waals surface area contributed by atoms with Crippen LogP contribution in [0.15, 0.2) is 59.1 Å². The highest BCUT2D eigenvalue weighted by Crippen LogP contribution is 2.51. The van der Waals surface area contributed by atoms with E-state index in [2.05, 4.69) is 51.6 Å². The lowest BCUT2D eigenvalue weighted by atomic mass is 9.77. The molecule has 0 unspecified atom stereocenters. The number of anilines is 1. The second-order valence-corrected chi connectivity index (χ2v) is 6.96. The summed E-state index contributed by atoms with van der Waals surface area (Å²) < 4.78 is 1.07. The van der Waals surface area contributed by atoms with Crippen molar-refractivity contribution in [3.8, 4) is 0 Å². The van der Waals surface area contributed by atoms with Crippen LogP contribution in [0.3, 0.4) is 0 Å².